The summed E-state index contributed by atoms with van der Waals surface area (Å²) in [6.07, 6.45) is 15.6. The van der Waals surface area contributed by atoms with Gasteiger partial charge in [-0.25, -0.2) is 4.79 Å². The molecule has 1 aromatic heterocycles. The van der Waals surface area contributed by atoms with Crippen molar-refractivity contribution in [3.63, 3.8) is 0 Å². The van der Waals surface area contributed by atoms with Crippen LogP contribution in [0.1, 0.15) is 76.4 Å². The molecule has 3 heterocycles. The first-order valence-electron chi connectivity index (χ1n) is 12.0. The largest absolute Gasteiger partial charge is 0.468 e. The number of furan rings is 1. The van der Waals surface area contributed by atoms with Crippen LogP contribution in [-0.4, -0.2) is 34.6 Å². The molecule has 5 nitrogen and oxygen atoms in total. The van der Waals surface area contributed by atoms with Crippen molar-refractivity contribution in [2.75, 3.05) is 0 Å². The van der Waals surface area contributed by atoms with E-state index < -0.39 is 0 Å². The zero-order valence-corrected chi connectivity index (χ0v) is 17.4. The van der Waals surface area contributed by atoms with Gasteiger partial charge in [0, 0.05) is 23.7 Å². The number of rotatable bonds is 4. The smallest absolute Gasteiger partial charge is 0.315 e. The highest BCUT2D eigenvalue weighted by molar-refractivity contribution is 5.75. The van der Waals surface area contributed by atoms with E-state index in [1.807, 2.05) is 6.07 Å². The molecular weight excluding hydrogens is 362 g/mol. The normalized spacial score (nSPS) is 43.3. The highest BCUT2D eigenvalue weighted by Crippen LogP contribution is 2.55. The van der Waals surface area contributed by atoms with Crippen LogP contribution in [0.4, 0.5) is 4.79 Å². The molecule has 6 bridgehead atoms. The molecule has 0 radical (unpaired) electrons. The van der Waals surface area contributed by atoms with Gasteiger partial charge in [-0.2, -0.15) is 0 Å². The molecule has 0 unspecified atom stereocenters. The molecule has 2 saturated heterocycles. The predicted molar refractivity (Wildman–Crippen MR) is 111 cm³/mol. The number of amides is 2. The van der Waals surface area contributed by atoms with E-state index in [1.54, 1.807) is 6.26 Å². The summed E-state index contributed by atoms with van der Waals surface area (Å²) in [7, 11) is 0. The fourth-order valence-electron chi connectivity index (χ4n) is 8.16. The van der Waals surface area contributed by atoms with Crippen molar-refractivity contribution in [1.82, 2.24) is 15.5 Å². The van der Waals surface area contributed by atoms with Crippen LogP contribution in [0.2, 0.25) is 0 Å². The summed E-state index contributed by atoms with van der Waals surface area (Å²) in [5.41, 5.74) is 0.106. The zero-order chi connectivity index (χ0) is 19.4. The van der Waals surface area contributed by atoms with Crippen molar-refractivity contribution in [3.05, 3.63) is 24.2 Å². The van der Waals surface area contributed by atoms with Crippen LogP contribution in [0.15, 0.2) is 22.8 Å². The fourth-order valence-corrected chi connectivity index (χ4v) is 8.16. The Bertz CT molecular complexity index is 696. The van der Waals surface area contributed by atoms with Gasteiger partial charge in [0.2, 0.25) is 0 Å². The van der Waals surface area contributed by atoms with Gasteiger partial charge in [-0.3, -0.25) is 4.90 Å². The van der Waals surface area contributed by atoms with Gasteiger partial charge >= 0.3 is 6.03 Å². The molecule has 2 amide bonds. The minimum absolute atomic E-state index is 0.106. The van der Waals surface area contributed by atoms with Gasteiger partial charge in [0.1, 0.15) is 5.76 Å². The summed E-state index contributed by atoms with van der Waals surface area (Å²) in [5, 5.41) is 6.91. The molecule has 0 spiro atoms. The Labute approximate surface area is 174 Å². The van der Waals surface area contributed by atoms with Crippen molar-refractivity contribution in [2.24, 2.45) is 17.8 Å². The Hall–Kier alpha value is -1.49. The number of carbonyl (C=O) groups is 1. The maximum atomic E-state index is 13.0. The summed E-state index contributed by atoms with van der Waals surface area (Å²) >= 11 is 0. The zero-order valence-electron chi connectivity index (χ0n) is 17.4. The van der Waals surface area contributed by atoms with Gasteiger partial charge < -0.3 is 15.1 Å². The van der Waals surface area contributed by atoms with Crippen molar-refractivity contribution >= 4 is 6.03 Å². The minimum Gasteiger partial charge on any atom is -0.468 e. The maximum absolute atomic E-state index is 13.0. The Morgan fingerprint density at radius 3 is 2.28 bits per heavy atom. The van der Waals surface area contributed by atoms with Crippen LogP contribution < -0.4 is 10.6 Å². The number of nitrogens with one attached hydrogen (secondary N) is 2. The number of hydrogen-bond donors (Lipinski definition) is 2. The summed E-state index contributed by atoms with van der Waals surface area (Å²) in [5.74, 6) is 3.66. The topological polar surface area (TPSA) is 57.5 Å². The van der Waals surface area contributed by atoms with E-state index >= 15 is 0 Å². The van der Waals surface area contributed by atoms with Gasteiger partial charge in [-0.05, 0) is 94.1 Å². The lowest BCUT2D eigenvalue weighted by Crippen LogP contribution is -2.63. The Balaban J connectivity index is 1.08. The first-order chi connectivity index (χ1) is 14.1. The van der Waals surface area contributed by atoms with Gasteiger partial charge in [0.15, 0.2) is 0 Å². The highest BCUT2D eigenvalue weighted by atomic mass is 16.3. The maximum Gasteiger partial charge on any atom is 0.315 e. The Morgan fingerprint density at radius 2 is 1.69 bits per heavy atom. The lowest BCUT2D eigenvalue weighted by molar-refractivity contribution is -0.0147. The molecule has 6 fully saturated rings. The molecule has 158 valence electrons. The summed E-state index contributed by atoms with van der Waals surface area (Å²) in [4.78, 5) is 15.6. The van der Waals surface area contributed by atoms with E-state index in [9.17, 15) is 4.79 Å². The molecule has 5 heteroatoms. The molecule has 2 aliphatic heterocycles. The van der Waals surface area contributed by atoms with E-state index in [-0.39, 0.29) is 11.6 Å². The fraction of sp³-hybridized carbons (Fsp3) is 0.792. The van der Waals surface area contributed by atoms with Crippen LogP contribution in [0.3, 0.4) is 0 Å². The molecule has 7 rings (SSSR count). The minimum atomic E-state index is 0.106. The molecule has 6 aliphatic rings. The number of nitrogens with zero attached hydrogens (tertiary/aromatic N) is 1. The summed E-state index contributed by atoms with van der Waals surface area (Å²) < 4.78 is 5.61. The molecule has 4 aliphatic carbocycles. The molecular formula is C24H35N3O2. The van der Waals surface area contributed by atoms with Gasteiger partial charge in [0.05, 0.1) is 12.8 Å². The van der Waals surface area contributed by atoms with Crippen LogP contribution in [0.5, 0.6) is 0 Å². The number of fused-ring (bicyclic) bond motifs is 2. The molecule has 29 heavy (non-hydrogen) atoms. The average Bonchev–Trinajstić information content (AvgIpc) is 3.13. The second-order valence-corrected chi connectivity index (χ2v) is 11.0. The predicted octanol–water partition coefficient (Wildman–Crippen LogP) is 4.43. The number of piperidine rings is 2. The summed E-state index contributed by atoms with van der Waals surface area (Å²) in [6, 6.07) is 5.61. The van der Waals surface area contributed by atoms with E-state index in [4.69, 9.17) is 4.42 Å². The highest BCUT2D eigenvalue weighted by Gasteiger charge is 2.51. The molecule has 4 saturated carbocycles. The van der Waals surface area contributed by atoms with Gasteiger partial charge in [-0.15, -0.1) is 0 Å². The number of carbonyl (C=O) groups excluding carboxylic acids is 1. The van der Waals surface area contributed by atoms with Gasteiger partial charge in [-0.1, -0.05) is 6.42 Å². The third kappa shape index (κ3) is 3.49. The Kier molecular flexibility index (Phi) is 4.44. The monoisotopic (exact) mass is 397 g/mol. The van der Waals surface area contributed by atoms with Crippen LogP contribution in [-0.2, 0) is 6.54 Å². The molecule has 2 N–H and O–H groups in total. The van der Waals surface area contributed by atoms with E-state index in [0.29, 0.717) is 18.1 Å². The summed E-state index contributed by atoms with van der Waals surface area (Å²) in [6.45, 7) is 0.911. The van der Waals surface area contributed by atoms with Crippen LogP contribution >= 0.6 is 0 Å². The lowest BCUT2D eigenvalue weighted by Gasteiger charge is -2.57. The van der Waals surface area contributed by atoms with Crippen molar-refractivity contribution in [2.45, 2.75) is 101 Å². The van der Waals surface area contributed by atoms with Gasteiger partial charge in [0.25, 0.3) is 0 Å². The molecule has 2 atom stereocenters. The van der Waals surface area contributed by atoms with Crippen LogP contribution in [0, 0.1) is 17.8 Å². The second kappa shape index (κ2) is 7.04. The lowest BCUT2D eigenvalue weighted by atomic mass is 9.53. The average molecular weight is 398 g/mol. The molecule has 1 aromatic rings. The first kappa shape index (κ1) is 18.3. The van der Waals surface area contributed by atoms with E-state index in [0.717, 1.165) is 42.9 Å². The molecule has 0 aromatic carbocycles. The van der Waals surface area contributed by atoms with Crippen molar-refractivity contribution < 1.29 is 9.21 Å². The quantitative estimate of drug-likeness (QED) is 0.790. The first-order valence-corrected chi connectivity index (χ1v) is 12.0. The number of urea groups is 1. The van der Waals surface area contributed by atoms with E-state index in [2.05, 4.69) is 21.6 Å². The third-order valence-electron chi connectivity index (χ3n) is 8.80. The third-order valence-corrected chi connectivity index (χ3v) is 8.80. The second-order valence-electron chi connectivity index (χ2n) is 11.0. The van der Waals surface area contributed by atoms with E-state index in [1.165, 1.54) is 57.8 Å². The SMILES string of the molecule is O=C(NC1C[C@H]2CCC[C@H](C1)N2Cc1ccco1)NC12CC3CC(CC(C3)C1)C2. The Morgan fingerprint density at radius 1 is 1.03 bits per heavy atom. The van der Waals surface area contributed by atoms with Crippen LogP contribution in [0.25, 0.3) is 0 Å². The van der Waals surface area contributed by atoms with Crippen molar-refractivity contribution in [3.8, 4) is 0 Å². The standard InChI is InChI=1S/C24H35N3O2/c28-23(26-24-12-16-7-17(13-24)9-18(8-16)14-24)25-19-10-20-3-1-4-21(11-19)27(20)15-22-5-2-6-29-22/h2,5-6,16-21H,1,3-4,7-15H2,(H2,25,26,28)/t16?,17?,18?,20-,21-,24?/m1/s1. The number of hydrogen-bond acceptors (Lipinski definition) is 3. The van der Waals surface area contributed by atoms with Crippen molar-refractivity contribution in [1.29, 1.82) is 0 Å².